The number of anilines is 2. The number of nitrogens with zero attached hydrogens (tertiary/aromatic N) is 1. The Morgan fingerprint density at radius 3 is 2.86 bits per heavy atom. The van der Waals surface area contributed by atoms with Gasteiger partial charge in [-0.2, -0.15) is 0 Å². The van der Waals surface area contributed by atoms with Crippen molar-refractivity contribution in [2.75, 3.05) is 17.2 Å². The van der Waals surface area contributed by atoms with Gasteiger partial charge in [-0.05, 0) is 71.3 Å². The standard InChI is InChI=1S/C16H14BrIN2O/c1-9-6-10-4-5-20(15(10)8-14(9)19)16(21)12-7-11(17)2-3-13(12)18/h2-3,6-8H,4-5,19H2,1H3. The van der Waals surface area contributed by atoms with E-state index in [-0.39, 0.29) is 5.91 Å². The first-order chi connectivity index (χ1) is 9.97. The molecule has 1 aliphatic rings. The van der Waals surface area contributed by atoms with Crippen molar-refractivity contribution in [3.8, 4) is 0 Å². The largest absolute Gasteiger partial charge is 0.398 e. The lowest BCUT2D eigenvalue weighted by atomic mass is 10.1. The van der Waals surface area contributed by atoms with Gasteiger partial charge < -0.3 is 10.6 Å². The molecule has 0 saturated carbocycles. The number of carbonyl (C=O) groups is 1. The van der Waals surface area contributed by atoms with Gasteiger partial charge in [0, 0.05) is 26.0 Å². The number of benzene rings is 2. The van der Waals surface area contributed by atoms with Crippen LogP contribution in [0.15, 0.2) is 34.8 Å². The van der Waals surface area contributed by atoms with Crippen molar-refractivity contribution in [1.82, 2.24) is 0 Å². The highest BCUT2D eigenvalue weighted by Gasteiger charge is 2.27. The third-order valence-corrected chi connectivity index (χ3v) is 5.20. The Morgan fingerprint density at radius 1 is 1.33 bits per heavy atom. The van der Waals surface area contributed by atoms with E-state index in [1.807, 2.05) is 36.1 Å². The molecule has 108 valence electrons. The van der Waals surface area contributed by atoms with Gasteiger partial charge >= 0.3 is 0 Å². The molecular weight excluding hydrogens is 443 g/mol. The van der Waals surface area contributed by atoms with E-state index in [1.54, 1.807) is 0 Å². The Labute approximate surface area is 145 Å². The predicted octanol–water partition coefficient (Wildman–Crippen LogP) is 4.15. The summed E-state index contributed by atoms with van der Waals surface area (Å²) in [6.45, 7) is 2.71. The van der Waals surface area contributed by atoms with E-state index in [0.29, 0.717) is 6.54 Å². The summed E-state index contributed by atoms with van der Waals surface area (Å²) in [7, 11) is 0. The van der Waals surface area contributed by atoms with Crippen LogP contribution in [0.25, 0.3) is 0 Å². The molecule has 2 N–H and O–H groups in total. The number of halogens is 2. The number of aryl methyl sites for hydroxylation is 1. The fraction of sp³-hybridized carbons (Fsp3) is 0.188. The molecule has 3 nitrogen and oxygen atoms in total. The monoisotopic (exact) mass is 456 g/mol. The number of fused-ring (bicyclic) bond motifs is 1. The van der Waals surface area contributed by atoms with Crippen LogP contribution >= 0.6 is 38.5 Å². The molecule has 0 saturated heterocycles. The van der Waals surface area contributed by atoms with E-state index in [0.717, 1.165) is 37.0 Å². The average Bonchev–Trinajstić information content (AvgIpc) is 2.84. The summed E-state index contributed by atoms with van der Waals surface area (Å²) >= 11 is 5.63. The zero-order chi connectivity index (χ0) is 15.1. The highest BCUT2D eigenvalue weighted by molar-refractivity contribution is 14.1. The SMILES string of the molecule is Cc1cc2c(cc1N)N(C(=O)c1cc(Br)ccc1I)CC2. The molecule has 1 heterocycles. The van der Waals surface area contributed by atoms with Gasteiger partial charge in [-0.25, -0.2) is 0 Å². The Bertz CT molecular complexity index is 745. The van der Waals surface area contributed by atoms with Crippen LogP contribution in [-0.2, 0) is 6.42 Å². The van der Waals surface area contributed by atoms with Crippen LogP contribution < -0.4 is 10.6 Å². The maximum Gasteiger partial charge on any atom is 0.259 e. The van der Waals surface area contributed by atoms with Gasteiger partial charge in [0.2, 0.25) is 0 Å². The predicted molar refractivity (Wildman–Crippen MR) is 97.8 cm³/mol. The van der Waals surface area contributed by atoms with Crippen LogP contribution in [-0.4, -0.2) is 12.5 Å². The molecule has 0 spiro atoms. The van der Waals surface area contributed by atoms with Crippen molar-refractivity contribution in [3.05, 3.63) is 55.1 Å². The number of hydrogen-bond acceptors (Lipinski definition) is 2. The summed E-state index contributed by atoms with van der Waals surface area (Å²) < 4.78 is 1.86. The molecule has 5 heteroatoms. The maximum atomic E-state index is 12.8. The Kier molecular flexibility index (Phi) is 3.96. The molecule has 21 heavy (non-hydrogen) atoms. The van der Waals surface area contributed by atoms with Crippen LogP contribution in [0.5, 0.6) is 0 Å². The van der Waals surface area contributed by atoms with E-state index in [9.17, 15) is 4.79 Å². The van der Waals surface area contributed by atoms with E-state index < -0.39 is 0 Å². The zero-order valence-corrected chi connectivity index (χ0v) is 15.2. The van der Waals surface area contributed by atoms with Gasteiger partial charge in [0.05, 0.1) is 5.56 Å². The van der Waals surface area contributed by atoms with E-state index >= 15 is 0 Å². The molecule has 3 rings (SSSR count). The lowest BCUT2D eigenvalue weighted by Gasteiger charge is -2.19. The number of hydrogen-bond donors (Lipinski definition) is 1. The van der Waals surface area contributed by atoms with Crippen LogP contribution in [0.2, 0.25) is 0 Å². The number of carbonyl (C=O) groups excluding carboxylic acids is 1. The second-order valence-corrected chi connectivity index (χ2v) is 7.25. The van der Waals surface area contributed by atoms with E-state index in [2.05, 4.69) is 44.6 Å². The second kappa shape index (κ2) is 5.61. The molecule has 0 aromatic heterocycles. The fourth-order valence-electron chi connectivity index (χ4n) is 2.59. The van der Waals surface area contributed by atoms with Gasteiger partial charge in [-0.15, -0.1) is 0 Å². The Balaban J connectivity index is 2.02. The molecule has 0 unspecified atom stereocenters. The molecule has 0 fully saturated rings. The van der Waals surface area contributed by atoms with Crippen molar-refractivity contribution in [3.63, 3.8) is 0 Å². The Hall–Kier alpha value is -1.08. The molecule has 1 amide bonds. The van der Waals surface area contributed by atoms with E-state index in [4.69, 9.17) is 5.73 Å². The normalized spacial score (nSPS) is 13.4. The number of nitrogens with two attached hydrogens (primary N) is 1. The quantitative estimate of drug-likeness (QED) is 0.517. The van der Waals surface area contributed by atoms with Crippen LogP contribution in [0.3, 0.4) is 0 Å². The Morgan fingerprint density at radius 2 is 2.10 bits per heavy atom. The lowest BCUT2D eigenvalue weighted by Crippen LogP contribution is -2.29. The molecule has 1 aliphatic heterocycles. The zero-order valence-electron chi connectivity index (χ0n) is 11.5. The smallest absolute Gasteiger partial charge is 0.259 e. The summed E-state index contributed by atoms with van der Waals surface area (Å²) in [5, 5.41) is 0. The molecule has 2 aromatic carbocycles. The van der Waals surface area contributed by atoms with Gasteiger partial charge in [-0.3, -0.25) is 4.79 Å². The summed E-state index contributed by atoms with van der Waals surface area (Å²) in [5.41, 5.74) is 10.7. The van der Waals surface area contributed by atoms with Crippen molar-refractivity contribution in [2.24, 2.45) is 0 Å². The van der Waals surface area contributed by atoms with Crippen molar-refractivity contribution in [1.29, 1.82) is 0 Å². The third kappa shape index (κ3) is 2.68. The molecule has 2 aromatic rings. The van der Waals surface area contributed by atoms with Crippen LogP contribution in [0.1, 0.15) is 21.5 Å². The number of rotatable bonds is 1. The third-order valence-electron chi connectivity index (χ3n) is 3.77. The van der Waals surface area contributed by atoms with Gasteiger partial charge in [-0.1, -0.05) is 22.0 Å². The summed E-state index contributed by atoms with van der Waals surface area (Å²) in [6, 6.07) is 9.76. The minimum absolute atomic E-state index is 0.0303. The van der Waals surface area contributed by atoms with Crippen molar-refractivity contribution >= 4 is 55.8 Å². The highest BCUT2D eigenvalue weighted by atomic mass is 127. The van der Waals surface area contributed by atoms with Crippen LogP contribution in [0, 0.1) is 10.5 Å². The van der Waals surface area contributed by atoms with Crippen molar-refractivity contribution < 1.29 is 4.79 Å². The lowest BCUT2D eigenvalue weighted by molar-refractivity contribution is 0.0988. The van der Waals surface area contributed by atoms with Gasteiger partial charge in [0.15, 0.2) is 0 Å². The first-order valence-corrected chi connectivity index (χ1v) is 8.50. The van der Waals surface area contributed by atoms with Gasteiger partial charge in [0.1, 0.15) is 0 Å². The first-order valence-electron chi connectivity index (χ1n) is 6.63. The summed E-state index contributed by atoms with van der Waals surface area (Å²) in [6.07, 6.45) is 0.882. The van der Waals surface area contributed by atoms with Crippen molar-refractivity contribution in [2.45, 2.75) is 13.3 Å². The molecule has 0 radical (unpaired) electrons. The minimum Gasteiger partial charge on any atom is -0.398 e. The second-order valence-electron chi connectivity index (χ2n) is 5.17. The molecule has 0 atom stereocenters. The highest BCUT2D eigenvalue weighted by Crippen LogP contribution is 2.33. The molecular formula is C16H14BrIN2O. The molecule has 0 aliphatic carbocycles. The van der Waals surface area contributed by atoms with E-state index in [1.165, 1.54) is 5.56 Å². The summed E-state index contributed by atoms with van der Waals surface area (Å²) in [5.74, 6) is 0.0303. The van der Waals surface area contributed by atoms with Gasteiger partial charge in [0.25, 0.3) is 5.91 Å². The van der Waals surface area contributed by atoms with Crippen LogP contribution in [0.4, 0.5) is 11.4 Å². The number of nitrogen functional groups attached to an aromatic ring is 1. The first kappa shape index (κ1) is 14.8. The minimum atomic E-state index is 0.0303. The topological polar surface area (TPSA) is 46.3 Å². The average molecular weight is 457 g/mol. The fourth-order valence-corrected chi connectivity index (χ4v) is 3.52. The molecule has 0 bridgehead atoms. The number of amides is 1. The summed E-state index contributed by atoms with van der Waals surface area (Å²) in [4.78, 5) is 14.7. The maximum absolute atomic E-state index is 12.8.